The zero-order valence-electron chi connectivity index (χ0n) is 12.9. The van der Waals surface area contributed by atoms with Gasteiger partial charge >= 0.3 is 6.09 Å². The van der Waals surface area contributed by atoms with Gasteiger partial charge in [-0.2, -0.15) is 0 Å². The van der Waals surface area contributed by atoms with Crippen LogP contribution in [0.1, 0.15) is 25.3 Å². The van der Waals surface area contributed by atoms with Crippen molar-refractivity contribution in [3.8, 4) is 5.75 Å². The Kier molecular flexibility index (Phi) is 6.45. The minimum Gasteiger partial charge on any atom is -0.494 e. The first-order valence-corrected chi connectivity index (χ1v) is 7.74. The van der Waals surface area contributed by atoms with Crippen molar-refractivity contribution in [1.82, 2.24) is 10.2 Å². The van der Waals surface area contributed by atoms with Gasteiger partial charge < -0.3 is 19.7 Å². The highest BCUT2D eigenvalue weighted by Crippen LogP contribution is 2.18. The van der Waals surface area contributed by atoms with E-state index in [9.17, 15) is 9.18 Å². The lowest BCUT2D eigenvalue weighted by Gasteiger charge is -2.26. The first-order valence-electron chi connectivity index (χ1n) is 7.74. The SMILES string of the molecule is CCCCOc1ccc(F)c(COC(=O)N2CCNCC2)c1. The smallest absolute Gasteiger partial charge is 0.410 e. The molecular weight excluding hydrogens is 287 g/mol. The van der Waals surface area contributed by atoms with Gasteiger partial charge in [0, 0.05) is 31.7 Å². The lowest BCUT2D eigenvalue weighted by Crippen LogP contribution is -2.46. The number of hydrogen-bond donors (Lipinski definition) is 1. The molecule has 122 valence electrons. The molecule has 1 saturated heterocycles. The van der Waals surface area contributed by atoms with Crippen LogP contribution in [0.15, 0.2) is 18.2 Å². The third-order valence-corrected chi connectivity index (χ3v) is 3.51. The molecule has 5 nitrogen and oxygen atoms in total. The number of carbonyl (C=O) groups is 1. The van der Waals surface area contributed by atoms with E-state index in [2.05, 4.69) is 12.2 Å². The lowest BCUT2D eigenvalue weighted by atomic mass is 10.2. The van der Waals surface area contributed by atoms with Gasteiger partial charge in [-0.1, -0.05) is 13.3 Å². The molecule has 1 aliphatic rings. The number of rotatable bonds is 6. The molecule has 0 saturated carbocycles. The van der Waals surface area contributed by atoms with Gasteiger partial charge in [0.15, 0.2) is 0 Å². The number of amides is 1. The molecule has 1 N–H and O–H groups in total. The Morgan fingerprint density at radius 3 is 2.86 bits per heavy atom. The molecule has 1 aromatic carbocycles. The van der Waals surface area contributed by atoms with Gasteiger partial charge in [0.2, 0.25) is 0 Å². The summed E-state index contributed by atoms with van der Waals surface area (Å²) in [4.78, 5) is 13.5. The molecule has 1 amide bonds. The molecule has 1 fully saturated rings. The second kappa shape index (κ2) is 8.58. The third-order valence-electron chi connectivity index (χ3n) is 3.51. The maximum atomic E-state index is 13.8. The van der Waals surface area contributed by atoms with Gasteiger partial charge in [-0.05, 0) is 24.6 Å². The molecule has 0 aliphatic carbocycles. The molecule has 1 heterocycles. The average Bonchev–Trinajstić information content (AvgIpc) is 2.56. The summed E-state index contributed by atoms with van der Waals surface area (Å²) >= 11 is 0. The van der Waals surface area contributed by atoms with Gasteiger partial charge in [-0.3, -0.25) is 0 Å². The van der Waals surface area contributed by atoms with Crippen LogP contribution >= 0.6 is 0 Å². The Bertz CT molecular complexity index is 490. The fraction of sp³-hybridized carbons (Fsp3) is 0.562. The largest absolute Gasteiger partial charge is 0.494 e. The predicted octanol–water partition coefficient (Wildman–Crippen LogP) is 2.55. The highest BCUT2D eigenvalue weighted by molar-refractivity contribution is 5.67. The van der Waals surface area contributed by atoms with Gasteiger partial charge in [0.05, 0.1) is 6.61 Å². The Hall–Kier alpha value is -1.82. The number of unbranched alkanes of at least 4 members (excludes halogenated alkanes) is 1. The Labute approximate surface area is 130 Å². The van der Waals surface area contributed by atoms with Crippen LogP contribution in [0.3, 0.4) is 0 Å². The molecule has 6 heteroatoms. The summed E-state index contributed by atoms with van der Waals surface area (Å²) in [5.41, 5.74) is 0.331. The van der Waals surface area contributed by atoms with E-state index in [-0.39, 0.29) is 6.61 Å². The Morgan fingerprint density at radius 1 is 1.36 bits per heavy atom. The minimum atomic E-state index is -0.404. The quantitative estimate of drug-likeness (QED) is 0.821. The number of piperazine rings is 1. The van der Waals surface area contributed by atoms with Crippen LogP contribution in [-0.4, -0.2) is 43.8 Å². The third kappa shape index (κ3) is 4.87. The molecule has 0 bridgehead atoms. The summed E-state index contributed by atoms with van der Waals surface area (Å²) in [5.74, 6) is 0.207. The minimum absolute atomic E-state index is 0.0838. The second-order valence-corrected chi connectivity index (χ2v) is 5.25. The van der Waals surface area contributed by atoms with Crippen LogP contribution in [0, 0.1) is 5.82 Å². The van der Waals surface area contributed by atoms with E-state index in [0.717, 1.165) is 25.9 Å². The zero-order chi connectivity index (χ0) is 15.8. The molecule has 0 radical (unpaired) electrons. The summed E-state index contributed by atoms with van der Waals surface area (Å²) in [5, 5.41) is 3.16. The molecule has 0 aromatic heterocycles. The van der Waals surface area contributed by atoms with Crippen molar-refractivity contribution >= 4 is 6.09 Å². The van der Waals surface area contributed by atoms with E-state index in [1.165, 1.54) is 6.07 Å². The van der Waals surface area contributed by atoms with Crippen molar-refractivity contribution in [1.29, 1.82) is 0 Å². The first kappa shape index (κ1) is 16.5. The summed E-state index contributed by atoms with van der Waals surface area (Å²) in [7, 11) is 0. The molecule has 0 spiro atoms. The number of benzene rings is 1. The molecule has 0 unspecified atom stereocenters. The highest BCUT2D eigenvalue weighted by Gasteiger charge is 2.18. The molecule has 22 heavy (non-hydrogen) atoms. The van der Waals surface area contributed by atoms with Crippen molar-refractivity contribution in [3.63, 3.8) is 0 Å². The van der Waals surface area contributed by atoms with Crippen LogP contribution < -0.4 is 10.1 Å². The maximum Gasteiger partial charge on any atom is 0.410 e. The van der Waals surface area contributed by atoms with Crippen LogP contribution in [0.4, 0.5) is 9.18 Å². The predicted molar refractivity (Wildman–Crippen MR) is 81.4 cm³/mol. The zero-order valence-corrected chi connectivity index (χ0v) is 12.9. The molecule has 2 rings (SSSR count). The van der Waals surface area contributed by atoms with E-state index in [1.54, 1.807) is 17.0 Å². The Morgan fingerprint density at radius 2 is 2.14 bits per heavy atom. The standard InChI is InChI=1S/C16H23FN2O3/c1-2-3-10-21-14-4-5-15(17)13(11-14)12-22-16(20)19-8-6-18-7-9-19/h4-5,11,18H,2-3,6-10,12H2,1H3. The number of nitrogens with zero attached hydrogens (tertiary/aromatic N) is 1. The summed E-state index contributed by atoms with van der Waals surface area (Å²) in [6.45, 7) is 5.33. The van der Waals surface area contributed by atoms with Crippen LogP contribution in [0.25, 0.3) is 0 Å². The van der Waals surface area contributed by atoms with Crippen LogP contribution in [-0.2, 0) is 11.3 Å². The Balaban J connectivity index is 1.87. The van der Waals surface area contributed by atoms with E-state index >= 15 is 0 Å². The molecule has 1 aliphatic heterocycles. The van der Waals surface area contributed by atoms with E-state index in [4.69, 9.17) is 9.47 Å². The van der Waals surface area contributed by atoms with Crippen molar-refractivity contribution in [3.05, 3.63) is 29.6 Å². The van der Waals surface area contributed by atoms with Crippen LogP contribution in [0.5, 0.6) is 5.75 Å². The highest BCUT2D eigenvalue weighted by atomic mass is 19.1. The number of halogens is 1. The normalized spacial score (nSPS) is 14.7. The summed E-state index contributed by atoms with van der Waals surface area (Å²) in [6.07, 6.45) is 1.58. The fourth-order valence-electron chi connectivity index (χ4n) is 2.16. The summed E-state index contributed by atoms with van der Waals surface area (Å²) < 4.78 is 24.5. The van der Waals surface area contributed by atoms with Crippen molar-refractivity contribution in [2.45, 2.75) is 26.4 Å². The summed E-state index contributed by atoms with van der Waals surface area (Å²) in [6, 6.07) is 4.53. The van der Waals surface area contributed by atoms with E-state index in [0.29, 0.717) is 31.0 Å². The fourth-order valence-corrected chi connectivity index (χ4v) is 2.16. The van der Waals surface area contributed by atoms with Crippen LogP contribution in [0.2, 0.25) is 0 Å². The van der Waals surface area contributed by atoms with Gasteiger partial charge in [0.25, 0.3) is 0 Å². The van der Waals surface area contributed by atoms with Crippen molar-refractivity contribution < 1.29 is 18.7 Å². The van der Waals surface area contributed by atoms with E-state index in [1.807, 2.05) is 0 Å². The molecule has 1 aromatic rings. The average molecular weight is 310 g/mol. The van der Waals surface area contributed by atoms with Crippen molar-refractivity contribution in [2.24, 2.45) is 0 Å². The van der Waals surface area contributed by atoms with Gasteiger partial charge in [0.1, 0.15) is 18.2 Å². The van der Waals surface area contributed by atoms with E-state index < -0.39 is 11.9 Å². The second-order valence-electron chi connectivity index (χ2n) is 5.25. The molecule has 0 atom stereocenters. The maximum absolute atomic E-state index is 13.8. The topological polar surface area (TPSA) is 50.8 Å². The lowest BCUT2D eigenvalue weighted by molar-refractivity contribution is 0.0909. The number of nitrogens with one attached hydrogen (secondary N) is 1. The van der Waals surface area contributed by atoms with Crippen molar-refractivity contribution in [2.75, 3.05) is 32.8 Å². The van der Waals surface area contributed by atoms with Gasteiger partial charge in [-0.15, -0.1) is 0 Å². The first-order chi connectivity index (χ1) is 10.7. The number of hydrogen-bond acceptors (Lipinski definition) is 4. The monoisotopic (exact) mass is 310 g/mol. The number of carbonyl (C=O) groups excluding carboxylic acids is 1. The molecular formula is C16H23FN2O3. The van der Waals surface area contributed by atoms with Gasteiger partial charge in [-0.25, -0.2) is 9.18 Å². The number of ether oxygens (including phenoxy) is 2.